The number of aliphatic carboxylic acids is 1. The van der Waals surface area contributed by atoms with E-state index in [-0.39, 0.29) is 24.9 Å². The van der Waals surface area contributed by atoms with Crippen molar-refractivity contribution in [2.24, 2.45) is 5.92 Å². The van der Waals surface area contributed by atoms with Gasteiger partial charge >= 0.3 is 12.1 Å². The van der Waals surface area contributed by atoms with Crippen LogP contribution in [0.15, 0.2) is 46.9 Å². The molecule has 1 fully saturated rings. The Morgan fingerprint density at radius 2 is 1.98 bits per heavy atom. The third kappa shape index (κ3) is 6.77. The third-order valence-electron chi connectivity index (χ3n) is 7.71. The maximum Gasteiger partial charge on any atom is 0.416 e. The van der Waals surface area contributed by atoms with Gasteiger partial charge in [0.2, 0.25) is 0 Å². The van der Waals surface area contributed by atoms with Crippen LogP contribution in [-0.4, -0.2) is 41.6 Å². The average Bonchev–Trinajstić information content (AvgIpc) is 2.92. The number of aromatic nitrogens is 1. The van der Waals surface area contributed by atoms with Crippen LogP contribution in [0.2, 0.25) is 0 Å². The zero-order valence-electron chi connectivity index (χ0n) is 22.5. The minimum absolute atomic E-state index is 0.0322. The molecule has 10 heteroatoms. The number of hydrogen-bond donors (Lipinski definition) is 2. The molecule has 2 atom stereocenters. The zero-order valence-corrected chi connectivity index (χ0v) is 24.1. The molecular formula is C30H33BrF3N3O3. The van der Waals surface area contributed by atoms with Crippen molar-refractivity contribution < 1.29 is 27.9 Å². The highest BCUT2D eigenvalue weighted by Gasteiger charge is 2.35. The molecule has 2 aromatic carbocycles. The van der Waals surface area contributed by atoms with Gasteiger partial charge < -0.3 is 15.3 Å². The van der Waals surface area contributed by atoms with Crippen molar-refractivity contribution in [2.45, 2.75) is 58.0 Å². The molecule has 1 aromatic heterocycles. The van der Waals surface area contributed by atoms with Gasteiger partial charge in [-0.3, -0.25) is 9.59 Å². The SMILES string of the molecule is CC[C@@H]1CCCN(c2nc3ccc(Br)cc3c(C(=O)NC[C@@H](CCC(=O)O)c3ccccc3C(F)(F)F)c2C)C1. The minimum atomic E-state index is -4.61. The van der Waals surface area contributed by atoms with E-state index in [1.165, 1.54) is 18.2 Å². The molecule has 3 aromatic rings. The molecule has 1 aliphatic rings. The second kappa shape index (κ2) is 12.6. The molecule has 4 rings (SSSR count). The Balaban J connectivity index is 1.70. The van der Waals surface area contributed by atoms with Gasteiger partial charge in [0, 0.05) is 47.4 Å². The molecule has 1 saturated heterocycles. The number of carboxylic acid groups (broad SMARTS) is 1. The van der Waals surface area contributed by atoms with Gasteiger partial charge in [-0.25, -0.2) is 4.98 Å². The van der Waals surface area contributed by atoms with Crippen molar-refractivity contribution in [2.75, 3.05) is 24.5 Å². The molecule has 1 aliphatic heterocycles. The van der Waals surface area contributed by atoms with Crippen molar-refractivity contribution in [3.05, 3.63) is 69.2 Å². The minimum Gasteiger partial charge on any atom is -0.481 e. The molecule has 0 spiro atoms. The summed E-state index contributed by atoms with van der Waals surface area (Å²) in [7, 11) is 0. The van der Waals surface area contributed by atoms with E-state index in [0.29, 0.717) is 27.9 Å². The number of alkyl halides is 3. The number of carbonyl (C=O) groups is 2. The van der Waals surface area contributed by atoms with E-state index >= 15 is 0 Å². The molecule has 2 heterocycles. The summed E-state index contributed by atoms with van der Waals surface area (Å²) in [6, 6.07) is 10.6. The maximum atomic E-state index is 13.8. The number of amides is 1. The number of nitrogens with one attached hydrogen (secondary N) is 1. The van der Waals surface area contributed by atoms with E-state index in [4.69, 9.17) is 4.98 Å². The number of rotatable bonds is 9. The van der Waals surface area contributed by atoms with E-state index < -0.39 is 29.5 Å². The van der Waals surface area contributed by atoms with Crippen LogP contribution in [0.4, 0.5) is 19.0 Å². The van der Waals surface area contributed by atoms with Gasteiger partial charge in [-0.2, -0.15) is 13.2 Å². The summed E-state index contributed by atoms with van der Waals surface area (Å²) in [5.74, 6) is -1.11. The van der Waals surface area contributed by atoms with Gasteiger partial charge in [-0.15, -0.1) is 0 Å². The van der Waals surface area contributed by atoms with Crippen molar-refractivity contribution in [1.82, 2.24) is 10.3 Å². The summed E-state index contributed by atoms with van der Waals surface area (Å²) >= 11 is 3.47. The zero-order chi connectivity index (χ0) is 29.0. The Kier molecular flexibility index (Phi) is 9.38. The van der Waals surface area contributed by atoms with Crippen LogP contribution in [0.25, 0.3) is 10.9 Å². The van der Waals surface area contributed by atoms with Crippen molar-refractivity contribution >= 4 is 44.5 Å². The summed E-state index contributed by atoms with van der Waals surface area (Å²) in [6.07, 6.45) is -1.75. The van der Waals surface area contributed by atoms with E-state index in [2.05, 4.69) is 33.1 Å². The molecule has 1 amide bonds. The number of nitrogens with zero attached hydrogens (tertiary/aromatic N) is 2. The molecule has 0 unspecified atom stereocenters. The molecule has 0 radical (unpaired) electrons. The molecule has 0 saturated carbocycles. The lowest BCUT2D eigenvalue weighted by Crippen LogP contribution is -2.37. The van der Waals surface area contributed by atoms with Gasteiger partial charge in [0.1, 0.15) is 5.82 Å². The van der Waals surface area contributed by atoms with Crippen LogP contribution >= 0.6 is 15.9 Å². The van der Waals surface area contributed by atoms with Gasteiger partial charge in [0.25, 0.3) is 5.91 Å². The summed E-state index contributed by atoms with van der Waals surface area (Å²) < 4.78 is 42.1. The standard InChI is InChI=1S/C30H33BrF3N3O3/c1-3-19-7-6-14-37(17-19)28-18(2)27(23-15-21(31)11-12-25(23)36-28)29(40)35-16-20(10-13-26(38)39)22-8-4-5-9-24(22)30(32,33)34/h4-5,8-9,11-12,15,19-20H,3,6-7,10,13-14,16-17H2,1-2H3,(H,35,40)(H,38,39)/t19-,20-/m1/s1. The van der Waals surface area contributed by atoms with Crippen LogP contribution in [0, 0.1) is 12.8 Å². The topological polar surface area (TPSA) is 82.5 Å². The first-order chi connectivity index (χ1) is 19.0. The number of anilines is 1. The highest BCUT2D eigenvalue weighted by molar-refractivity contribution is 9.10. The van der Waals surface area contributed by atoms with E-state index in [1.807, 2.05) is 25.1 Å². The highest BCUT2D eigenvalue weighted by atomic mass is 79.9. The van der Waals surface area contributed by atoms with Crippen molar-refractivity contribution in [1.29, 1.82) is 0 Å². The van der Waals surface area contributed by atoms with Crippen LogP contribution in [-0.2, 0) is 11.0 Å². The van der Waals surface area contributed by atoms with E-state index in [1.54, 1.807) is 0 Å². The number of benzene rings is 2. The van der Waals surface area contributed by atoms with Gasteiger partial charge in [0.15, 0.2) is 0 Å². The lowest BCUT2D eigenvalue weighted by molar-refractivity contribution is -0.138. The number of carbonyl (C=O) groups excluding carboxylic acids is 1. The second-order valence-corrected chi connectivity index (χ2v) is 11.3. The summed E-state index contributed by atoms with van der Waals surface area (Å²) in [5, 5.41) is 12.7. The summed E-state index contributed by atoms with van der Waals surface area (Å²) in [6.45, 7) is 5.56. The first kappa shape index (κ1) is 29.8. The van der Waals surface area contributed by atoms with E-state index in [0.717, 1.165) is 48.7 Å². The largest absolute Gasteiger partial charge is 0.481 e. The molecule has 40 heavy (non-hydrogen) atoms. The molecule has 0 aliphatic carbocycles. The molecular weight excluding hydrogens is 587 g/mol. The fourth-order valence-electron chi connectivity index (χ4n) is 5.59. The lowest BCUT2D eigenvalue weighted by Gasteiger charge is -2.34. The number of piperidine rings is 1. The quantitative estimate of drug-likeness (QED) is 0.262. The van der Waals surface area contributed by atoms with Gasteiger partial charge in [-0.05, 0) is 61.9 Å². The predicted octanol–water partition coefficient (Wildman–Crippen LogP) is 7.33. The monoisotopic (exact) mass is 619 g/mol. The molecule has 2 N–H and O–H groups in total. The van der Waals surface area contributed by atoms with Gasteiger partial charge in [0.05, 0.1) is 16.6 Å². The second-order valence-electron chi connectivity index (χ2n) is 10.4. The number of fused-ring (bicyclic) bond motifs is 1. The Labute approximate surface area is 240 Å². The Morgan fingerprint density at radius 1 is 1.23 bits per heavy atom. The van der Waals surface area contributed by atoms with Gasteiger partial charge in [-0.1, -0.05) is 47.5 Å². The number of hydrogen-bond acceptors (Lipinski definition) is 4. The fourth-order valence-corrected chi connectivity index (χ4v) is 5.95. The number of carboxylic acids is 1. The Morgan fingerprint density at radius 3 is 2.67 bits per heavy atom. The van der Waals surface area contributed by atoms with Crippen molar-refractivity contribution in [3.8, 4) is 0 Å². The first-order valence-electron chi connectivity index (χ1n) is 13.5. The molecule has 214 valence electrons. The smallest absolute Gasteiger partial charge is 0.416 e. The van der Waals surface area contributed by atoms with Crippen LogP contribution in [0.1, 0.15) is 72.0 Å². The summed E-state index contributed by atoms with van der Waals surface area (Å²) in [5.41, 5.74) is 0.915. The molecule has 6 nitrogen and oxygen atoms in total. The maximum absolute atomic E-state index is 13.8. The molecule has 0 bridgehead atoms. The first-order valence-corrected chi connectivity index (χ1v) is 14.3. The Bertz CT molecular complexity index is 1400. The third-order valence-corrected chi connectivity index (χ3v) is 8.20. The van der Waals surface area contributed by atoms with Crippen LogP contribution in [0.3, 0.4) is 0 Å². The Hall–Kier alpha value is -3.14. The fraction of sp³-hybridized carbons (Fsp3) is 0.433. The van der Waals surface area contributed by atoms with Crippen LogP contribution < -0.4 is 10.2 Å². The van der Waals surface area contributed by atoms with Crippen molar-refractivity contribution in [3.63, 3.8) is 0 Å². The normalized spacial score (nSPS) is 16.6. The van der Waals surface area contributed by atoms with Crippen LogP contribution in [0.5, 0.6) is 0 Å². The highest BCUT2D eigenvalue weighted by Crippen LogP contribution is 2.37. The number of pyridine rings is 1. The predicted molar refractivity (Wildman–Crippen MR) is 153 cm³/mol. The number of halogens is 4. The van der Waals surface area contributed by atoms with E-state index in [9.17, 15) is 27.9 Å². The average molecular weight is 621 g/mol. The lowest BCUT2D eigenvalue weighted by atomic mass is 9.89. The summed E-state index contributed by atoms with van der Waals surface area (Å²) in [4.78, 5) is 32.2.